The molecule has 0 spiro atoms. The molecule has 1 fully saturated rings. The Morgan fingerprint density at radius 1 is 1.11 bits per heavy atom. The number of para-hydroxylation sites is 1. The number of amidine groups is 1. The number of benzene rings is 2. The normalized spacial score (nSPS) is 17.8. The highest BCUT2D eigenvalue weighted by Gasteiger charge is 2.32. The number of nitrogens with one attached hydrogen (secondary N) is 2. The van der Waals surface area contributed by atoms with Crippen LogP contribution in [0.1, 0.15) is 23.1 Å². The first-order chi connectivity index (χ1) is 13.0. The summed E-state index contributed by atoms with van der Waals surface area (Å²) in [4.78, 5) is 29.0. The van der Waals surface area contributed by atoms with Crippen LogP contribution in [0.4, 0.5) is 5.69 Å². The van der Waals surface area contributed by atoms with Gasteiger partial charge < -0.3 is 10.6 Å². The van der Waals surface area contributed by atoms with Crippen LogP contribution in [0, 0.1) is 13.8 Å². The molecule has 0 bridgehead atoms. The second-order valence-electron chi connectivity index (χ2n) is 6.54. The van der Waals surface area contributed by atoms with Gasteiger partial charge in [-0.1, -0.05) is 60.3 Å². The molecular formula is C21H23N3O2S. The number of amides is 2. The van der Waals surface area contributed by atoms with Gasteiger partial charge in [-0.15, -0.1) is 0 Å². The summed E-state index contributed by atoms with van der Waals surface area (Å²) in [6, 6.07) is 16.0. The molecule has 0 aliphatic carbocycles. The Kier molecular flexibility index (Phi) is 6.29. The van der Waals surface area contributed by atoms with Crippen molar-refractivity contribution in [3.8, 4) is 0 Å². The molecule has 2 amide bonds. The van der Waals surface area contributed by atoms with E-state index in [1.54, 1.807) is 0 Å². The molecule has 2 aromatic carbocycles. The van der Waals surface area contributed by atoms with Crippen LogP contribution in [0.2, 0.25) is 0 Å². The number of anilines is 1. The lowest BCUT2D eigenvalue weighted by Crippen LogP contribution is -2.28. The predicted octanol–water partition coefficient (Wildman–Crippen LogP) is 3.46. The fraction of sp³-hybridized carbons (Fsp3) is 0.286. The molecule has 1 atom stereocenters. The van der Waals surface area contributed by atoms with E-state index in [4.69, 9.17) is 0 Å². The van der Waals surface area contributed by atoms with Crippen molar-refractivity contribution in [1.29, 1.82) is 0 Å². The first-order valence-corrected chi connectivity index (χ1v) is 9.83. The predicted molar refractivity (Wildman–Crippen MR) is 111 cm³/mol. The standard InChI is InChI=1S/C21H23N3O2S/c1-14-7-6-8-15(2)19(14)23-18(25)13-17-20(26)24-21(27-17)22-12-11-16-9-4-3-5-10-16/h3-10,17H,11-13H2,1-2H3,(H,23,25)(H,22,24,26). The third kappa shape index (κ3) is 5.20. The molecule has 1 unspecified atom stereocenters. The number of rotatable bonds is 6. The summed E-state index contributed by atoms with van der Waals surface area (Å²) in [7, 11) is 0. The van der Waals surface area contributed by atoms with E-state index in [0.29, 0.717) is 11.7 Å². The van der Waals surface area contributed by atoms with E-state index < -0.39 is 5.25 Å². The van der Waals surface area contributed by atoms with Crippen LogP contribution >= 0.6 is 11.8 Å². The summed E-state index contributed by atoms with van der Waals surface area (Å²) in [5.74, 6) is -0.319. The van der Waals surface area contributed by atoms with E-state index in [0.717, 1.165) is 23.2 Å². The molecule has 1 aliphatic heterocycles. The number of hydrogen-bond acceptors (Lipinski definition) is 4. The number of aliphatic imine (C=N–C) groups is 1. The highest BCUT2D eigenvalue weighted by molar-refractivity contribution is 8.15. The molecule has 27 heavy (non-hydrogen) atoms. The van der Waals surface area contributed by atoms with Crippen molar-refractivity contribution in [2.75, 3.05) is 11.9 Å². The Bertz CT molecular complexity index is 845. The molecule has 0 aromatic heterocycles. The first kappa shape index (κ1) is 19.2. The Hall–Kier alpha value is -2.60. The van der Waals surface area contributed by atoms with Crippen LogP contribution in [-0.2, 0) is 16.0 Å². The number of thioether (sulfide) groups is 1. The lowest BCUT2D eigenvalue weighted by atomic mass is 10.1. The van der Waals surface area contributed by atoms with Gasteiger partial charge in [-0.2, -0.15) is 0 Å². The molecule has 3 rings (SSSR count). The zero-order valence-electron chi connectivity index (χ0n) is 15.5. The second kappa shape index (κ2) is 8.86. The molecule has 1 saturated heterocycles. The molecule has 1 heterocycles. The maximum absolute atomic E-state index is 12.4. The first-order valence-electron chi connectivity index (χ1n) is 8.95. The van der Waals surface area contributed by atoms with E-state index in [9.17, 15) is 9.59 Å². The van der Waals surface area contributed by atoms with Crippen LogP contribution in [0.25, 0.3) is 0 Å². The summed E-state index contributed by atoms with van der Waals surface area (Å²) in [6.07, 6.45) is 0.945. The Morgan fingerprint density at radius 2 is 1.81 bits per heavy atom. The van der Waals surface area contributed by atoms with Gasteiger partial charge in [0.15, 0.2) is 5.17 Å². The number of nitrogens with zero attached hydrogens (tertiary/aromatic N) is 1. The van der Waals surface area contributed by atoms with Crippen LogP contribution in [0.3, 0.4) is 0 Å². The van der Waals surface area contributed by atoms with E-state index in [1.165, 1.54) is 17.3 Å². The fourth-order valence-electron chi connectivity index (χ4n) is 2.92. The highest BCUT2D eigenvalue weighted by Crippen LogP contribution is 2.24. The van der Waals surface area contributed by atoms with Crippen LogP contribution in [-0.4, -0.2) is 28.8 Å². The molecule has 0 saturated carbocycles. The summed E-state index contributed by atoms with van der Waals surface area (Å²) in [6.45, 7) is 4.52. The largest absolute Gasteiger partial charge is 0.326 e. The smallest absolute Gasteiger partial charge is 0.240 e. The maximum Gasteiger partial charge on any atom is 0.240 e. The van der Waals surface area contributed by atoms with Crippen LogP contribution < -0.4 is 10.6 Å². The van der Waals surface area contributed by atoms with Crippen molar-refractivity contribution in [3.63, 3.8) is 0 Å². The lowest BCUT2D eigenvalue weighted by Gasteiger charge is -2.12. The molecule has 2 N–H and O–H groups in total. The van der Waals surface area contributed by atoms with Gasteiger partial charge >= 0.3 is 0 Å². The molecule has 140 valence electrons. The monoisotopic (exact) mass is 381 g/mol. The van der Waals surface area contributed by atoms with Gasteiger partial charge in [-0.25, -0.2) is 0 Å². The molecule has 5 nitrogen and oxygen atoms in total. The number of carbonyl (C=O) groups is 2. The molecular weight excluding hydrogens is 358 g/mol. The summed E-state index contributed by atoms with van der Waals surface area (Å²) in [5, 5.41) is 5.87. The quantitative estimate of drug-likeness (QED) is 0.805. The molecule has 6 heteroatoms. The van der Waals surface area contributed by atoms with E-state index >= 15 is 0 Å². The van der Waals surface area contributed by atoms with Gasteiger partial charge in [0.1, 0.15) is 5.25 Å². The zero-order valence-corrected chi connectivity index (χ0v) is 16.3. The summed E-state index contributed by atoms with van der Waals surface area (Å²) < 4.78 is 0. The fourth-order valence-corrected chi connectivity index (χ4v) is 3.91. The maximum atomic E-state index is 12.4. The van der Waals surface area contributed by atoms with Crippen molar-refractivity contribution in [3.05, 3.63) is 65.2 Å². The number of aryl methyl sites for hydroxylation is 2. The average Bonchev–Trinajstić information content (AvgIpc) is 2.98. The second-order valence-corrected chi connectivity index (χ2v) is 7.73. The SMILES string of the molecule is Cc1cccc(C)c1NC(=O)CC1SC(=NCCc2ccccc2)NC1=O. The molecule has 2 aromatic rings. The van der Waals surface area contributed by atoms with Crippen molar-refractivity contribution in [2.24, 2.45) is 4.99 Å². The molecule has 0 radical (unpaired) electrons. The van der Waals surface area contributed by atoms with E-state index in [-0.39, 0.29) is 18.2 Å². The third-order valence-electron chi connectivity index (χ3n) is 4.39. The minimum Gasteiger partial charge on any atom is -0.326 e. The minimum absolute atomic E-state index is 0.127. The molecule has 1 aliphatic rings. The van der Waals surface area contributed by atoms with E-state index in [1.807, 2.05) is 50.2 Å². The van der Waals surface area contributed by atoms with Gasteiger partial charge in [-0.05, 0) is 37.0 Å². The Balaban J connectivity index is 1.53. The van der Waals surface area contributed by atoms with Gasteiger partial charge in [0.05, 0.1) is 0 Å². The van der Waals surface area contributed by atoms with Gasteiger partial charge in [0.25, 0.3) is 0 Å². The number of carbonyl (C=O) groups excluding carboxylic acids is 2. The Morgan fingerprint density at radius 3 is 2.52 bits per heavy atom. The van der Waals surface area contributed by atoms with Gasteiger partial charge in [0, 0.05) is 18.7 Å². The number of hydrogen-bond donors (Lipinski definition) is 2. The van der Waals surface area contributed by atoms with Crippen molar-refractivity contribution in [2.45, 2.75) is 31.9 Å². The Labute approximate surface area is 163 Å². The van der Waals surface area contributed by atoms with Gasteiger partial charge in [0.2, 0.25) is 11.8 Å². The summed E-state index contributed by atoms with van der Waals surface area (Å²) >= 11 is 1.33. The topological polar surface area (TPSA) is 70.6 Å². The van der Waals surface area contributed by atoms with Crippen molar-refractivity contribution >= 4 is 34.4 Å². The van der Waals surface area contributed by atoms with Crippen molar-refractivity contribution < 1.29 is 9.59 Å². The average molecular weight is 382 g/mol. The zero-order chi connectivity index (χ0) is 19.2. The van der Waals surface area contributed by atoms with Crippen LogP contribution in [0.5, 0.6) is 0 Å². The summed E-state index contributed by atoms with van der Waals surface area (Å²) in [5.41, 5.74) is 4.05. The van der Waals surface area contributed by atoms with Crippen LogP contribution in [0.15, 0.2) is 53.5 Å². The van der Waals surface area contributed by atoms with Gasteiger partial charge in [-0.3, -0.25) is 14.6 Å². The van der Waals surface area contributed by atoms with Crippen molar-refractivity contribution in [1.82, 2.24) is 5.32 Å². The van der Waals surface area contributed by atoms with E-state index in [2.05, 4.69) is 27.8 Å². The highest BCUT2D eigenvalue weighted by atomic mass is 32.2. The minimum atomic E-state index is -0.440. The lowest BCUT2D eigenvalue weighted by molar-refractivity contribution is -0.122. The third-order valence-corrected chi connectivity index (χ3v) is 5.51.